The van der Waals surface area contributed by atoms with E-state index in [1.165, 1.54) is 11.0 Å². The van der Waals surface area contributed by atoms with Crippen molar-refractivity contribution in [1.82, 2.24) is 4.90 Å². The van der Waals surface area contributed by atoms with Crippen LogP contribution < -0.4 is 0 Å². The molecule has 8 rings (SSSR count). The molecule has 2 aromatic carbocycles. The number of nitrogens with zero attached hydrogens (tertiary/aromatic N) is 1. The van der Waals surface area contributed by atoms with E-state index in [4.69, 9.17) is 33.2 Å². The zero-order valence-electron chi connectivity index (χ0n) is 51.9. The van der Waals surface area contributed by atoms with E-state index in [0.717, 1.165) is 27.8 Å². The Hall–Kier alpha value is -5.79. The first-order valence-electron chi connectivity index (χ1n) is 31.1. The Morgan fingerprint density at radius 2 is 1.49 bits per heavy atom. The summed E-state index contributed by atoms with van der Waals surface area (Å²) in [6.45, 7) is 14.3. The van der Waals surface area contributed by atoms with E-state index < -0.39 is 119 Å². The Morgan fingerprint density at radius 1 is 0.814 bits per heavy atom. The van der Waals surface area contributed by atoms with Gasteiger partial charge in [-0.3, -0.25) is 24.0 Å². The number of Topliss-reactive ketones (excluding diaryl/α,β-unsaturated/α-hetero) is 3. The molecule has 0 unspecified atom stereocenters. The number of aliphatic hydroxyl groups is 2. The number of methoxy groups -OCH3 is 2. The van der Waals surface area contributed by atoms with Crippen LogP contribution in [0.5, 0.6) is 0 Å². The maximum absolute atomic E-state index is 14.8. The number of carbonyl (C=O) groups is 7. The molecule has 0 radical (unpaired) electrons. The predicted octanol–water partition coefficient (Wildman–Crippen LogP) is 9.47. The van der Waals surface area contributed by atoms with Crippen LogP contribution >= 0.6 is 0 Å². The molecule has 468 valence electrons. The van der Waals surface area contributed by atoms with E-state index in [0.29, 0.717) is 64.1 Å². The van der Waals surface area contributed by atoms with Gasteiger partial charge in [-0.15, -0.1) is 0 Å². The van der Waals surface area contributed by atoms with Gasteiger partial charge in [0.1, 0.15) is 47.4 Å². The lowest BCUT2D eigenvalue weighted by Gasteiger charge is -2.44. The Kier molecular flexibility index (Phi) is 22.0. The molecule has 2 aromatic rings. The average molecular weight is 1190 g/mol. The monoisotopic (exact) mass is 1190 g/mol. The van der Waals surface area contributed by atoms with E-state index in [1.807, 2.05) is 99.7 Å². The minimum Gasteiger partial charge on any atom is -0.460 e. The van der Waals surface area contributed by atoms with Crippen LogP contribution in [0.2, 0.25) is 0 Å². The molecule has 4 aliphatic heterocycles. The molecule has 6 aliphatic rings. The van der Waals surface area contributed by atoms with E-state index in [2.05, 4.69) is 0 Å². The van der Waals surface area contributed by atoms with Gasteiger partial charge in [0, 0.05) is 62.5 Å². The first kappa shape index (κ1) is 66.2. The topological polar surface area (TPSA) is 228 Å². The van der Waals surface area contributed by atoms with Crippen LogP contribution in [0.4, 0.5) is 0 Å². The van der Waals surface area contributed by atoms with Gasteiger partial charge >= 0.3 is 11.9 Å². The number of hydrogen-bond acceptors (Lipinski definition) is 16. The smallest absolute Gasteiger partial charge is 0.329 e. The molecule has 1 saturated carbocycles. The Morgan fingerprint density at radius 3 is 2.14 bits per heavy atom. The lowest BCUT2D eigenvalue weighted by atomic mass is 9.78. The number of rotatable bonds is 8. The molecule has 3 saturated heterocycles. The number of carbonyl (C=O) groups excluding carboxylic acids is 7. The number of esters is 2. The van der Waals surface area contributed by atoms with Crippen molar-refractivity contribution in [2.45, 2.75) is 187 Å². The van der Waals surface area contributed by atoms with Crippen LogP contribution in [0.15, 0.2) is 96.1 Å². The van der Waals surface area contributed by atoms with Crippen LogP contribution in [0, 0.1) is 46.8 Å². The summed E-state index contributed by atoms with van der Waals surface area (Å²) in [6.07, 6.45) is 11.1. The van der Waals surface area contributed by atoms with Crippen molar-refractivity contribution in [3.8, 4) is 11.1 Å². The van der Waals surface area contributed by atoms with E-state index >= 15 is 0 Å². The second-order valence-corrected chi connectivity index (χ2v) is 25.8. The molecule has 1 amide bonds. The number of hydrogen-bond donors (Lipinski definition) is 2. The number of fused-ring (bicyclic) bond motifs is 8. The van der Waals surface area contributed by atoms with Gasteiger partial charge in [-0.25, -0.2) is 4.79 Å². The number of amides is 1. The molecule has 17 heteroatoms. The zero-order chi connectivity index (χ0) is 62.3. The highest BCUT2D eigenvalue weighted by atomic mass is 16.7. The molecule has 2 N–H and O–H groups in total. The highest BCUT2D eigenvalue weighted by molar-refractivity contribution is 6.39. The highest BCUT2D eigenvalue weighted by Gasteiger charge is 2.55. The number of benzene rings is 2. The van der Waals surface area contributed by atoms with Gasteiger partial charge in [0.15, 0.2) is 0 Å². The molecule has 0 aromatic heterocycles. The van der Waals surface area contributed by atoms with Gasteiger partial charge in [-0.2, -0.15) is 0 Å². The second-order valence-electron chi connectivity index (χ2n) is 25.8. The predicted molar refractivity (Wildman–Crippen MR) is 320 cm³/mol. The molecule has 15 atom stereocenters. The number of ether oxygens (including phenoxy) is 7. The first-order chi connectivity index (χ1) is 41.0. The fourth-order valence-electron chi connectivity index (χ4n) is 13.7. The minimum atomic E-state index is -2.48. The molecule has 86 heavy (non-hydrogen) atoms. The Bertz CT molecular complexity index is 2870. The highest BCUT2D eigenvalue weighted by Crippen LogP contribution is 2.53. The molecule has 17 nitrogen and oxygen atoms in total. The van der Waals surface area contributed by atoms with Crippen molar-refractivity contribution in [3.05, 3.63) is 107 Å². The molecular formula is C69H91NO16. The lowest BCUT2D eigenvalue weighted by Crippen LogP contribution is -2.61. The van der Waals surface area contributed by atoms with Crippen LogP contribution in [0.3, 0.4) is 0 Å². The lowest BCUT2D eigenvalue weighted by molar-refractivity contribution is -0.286. The van der Waals surface area contributed by atoms with Gasteiger partial charge in [-0.05, 0) is 125 Å². The van der Waals surface area contributed by atoms with Crippen LogP contribution in [-0.4, -0.2) is 139 Å². The molecule has 2 aliphatic carbocycles. The number of aliphatic hydroxyl groups excluding tert-OH is 1. The summed E-state index contributed by atoms with van der Waals surface area (Å²) in [5.41, 5.74) is 3.78. The van der Waals surface area contributed by atoms with E-state index in [9.17, 15) is 43.8 Å². The van der Waals surface area contributed by atoms with Gasteiger partial charge in [0.2, 0.25) is 11.6 Å². The molecule has 2 bridgehead atoms. The molecular weight excluding hydrogens is 1100 g/mol. The number of ketones is 3. The average Bonchev–Trinajstić information content (AvgIpc) is 1.56. The maximum Gasteiger partial charge on any atom is 0.329 e. The van der Waals surface area contributed by atoms with Crippen molar-refractivity contribution >= 4 is 41.5 Å². The second kappa shape index (κ2) is 28.6. The SMILES string of the molecule is CO[C@H]1C[C@@H]2CC[C@@H](C)[C@@](O)(O2)C(=O)C(=O)N2CCCC[C@H]2C(=O)O[C@H]([C@H](C)C[C@@H]2CC[C@@H](OC(=O)C3(C)COC4(OC3)c3ccccc3-c3ccccc34)[C@H](OC)C2)CC(=O)[C@H](C)/C=C(\C)[C@@H](O)[C@@H](C=O)C(=O)[C@H](C)C[C@H](C)/C=C/C=C/C=C/1C. The fourth-order valence-corrected chi connectivity index (χ4v) is 13.7. The summed E-state index contributed by atoms with van der Waals surface area (Å²) in [4.78, 5) is 99.9. The number of aldehydes is 1. The third-order valence-corrected chi connectivity index (χ3v) is 19.2. The van der Waals surface area contributed by atoms with E-state index in [-0.39, 0.29) is 62.2 Å². The summed E-state index contributed by atoms with van der Waals surface area (Å²) >= 11 is 0. The van der Waals surface area contributed by atoms with Crippen LogP contribution in [0.1, 0.15) is 144 Å². The maximum atomic E-state index is 14.8. The van der Waals surface area contributed by atoms with Gasteiger partial charge < -0.3 is 53.1 Å². The van der Waals surface area contributed by atoms with Crippen molar-refractivity contribution < 1.29 is 76.9 Å². The van der Waals surface area contributed by atoms with Crippen molar-refractivity contribution in [2.24, 2.45) is 46.8 Å². The Labute approximate surface area is 507 Å². The van der Waals surface area contributed by atoms with Gasteiger partial charge in [-0.1, -0.05) is 120 Å². The minimum absolute atomic E-state index is 0.0371. The third-order valence-electron chi connectivity index (χ3n) is 19.2. The van der Waals surface area contributed by atoms with Gasteiger partial charge in [0.05, 0.1) is 37.6 Å². The van der Waals surface area contributed by atoms with Crippen molar-refractivity contribution in [1.29, 1.82) is 0 Å². The molecule has 1 spiro atoms. The van der Waals surface area contributed by atoms with Crippen molar-refractivity contribution in [2.75, 3.05) is 34.0 Å². The standard InChI is InChI=1S/C69H91NO16/c1-41-20-12-11-13-21-42(2)58(80-9)36-49-29-27-47(7)68(79,86-49)63(75)64(76)70-31-19-18-26-55(70)65(77)84-59(37-56(72)43(3)33-46(6)62(74)52(38-71)61(73)45(5)32-41)44(4)34-48-28-30-57(60(35-48)81-10)85-66(78)67(8)39-82-69(83-40-67)53-24-16-14-22-50(53)51-23-15-17-25-54(51)69/h11-17,20-25,33,38,41,43-45,47-49,52,55,57-60,62,74,79H,18-19,26-32,34-37,39-40H2,1-10H3/b13-11+,20-12+,42-21+,46-33+/t41-,43-,44-,45-,47-,48+,49+,52+,55+,57-,58+,59+,60-,62-,68-/m1/s1. The number of allylic oxidation sites excluding steroid dienone is 6. The number of piperidine rings is 1. The third kappa shape index (κ3) is 14.4. The fraction of sp³-hybridized carbons (Fsp3) is 0.609. The van der Waals surface area contributed by atoms with Crippen molar-refractivity contribution in [3.63, 3.8) is 0 Å². The van der Waals surface area contributed by atoms with Gasteiger partial charge in [0.25, 0.3) is 11.7 Å². The summed E-state index contributed by atoms with van der Waals surface area (Å²) in [5.74, 6) is -12.0. The largest absolute Gasteiger partial charge is 0.460 e. The van der Waals surface area contributed by atoms with Crippen LogP contribution in [0.25, 0.3) is 11.1 Å². The molecule has 4 heterocycles. The normalized spacial score (nSPS) is 35.7. The summed E-state index contributed by atoms with van der Waals surface area (Å²) < 4.78 is 44.0. The summed E-state index contributed by atoms with van der Waals surface area (Å²) in [7, 11) is 3.13. The Balaban J connectivity index is 1.00. The zero-order valence-corrected chi connectivity index (χ0v) is 51.9. The summed E-state index contributed by atoms with van der Waals surface area (Å²) in [5, 5.41) is 23.6. The first-order valence-corrected chi connectivity index (χ1v) is 31.1. The van der Waals surface area contributed by atoms with E-state index in [1.54, 1.807) is 48.8 Å². The summed E-state index contributed by atoms with van der Waals surface area (Å²) in [6, 6.07) is 14.7. The molecule has 4 fully saturated rings. The quantitative estimate of drug-likeness (QED) is 0.0824. The number of cyclic esters (lactones) is 1. The van der Waals surface area contributed by atoms with Crippen LogP contribution in [-0.2, 0) is 72.5 Å².